The highest BCUT2D eigenvalue weighted by Crippen LogP contribution is 2.16. The second kappa shape index (κ2) is 6.58. The van der Waals surface area contributed by atoms with Gasteiger partial charge in [-0.25, -0.2) is 0 Å². The topological polar surface area (TPSA) is 59.8 Å². The van der Waals surface area contributed by atoms with E-state index in [0.717, 1.165) is 17.4 Å². The van der Waals surface area contributed by atoms with Crippen LogP contribution >= 0.6 is 23.4 Å². The van der Waals surface area contributed by atoms with Crippen molar-refractivity contribution in [2.75, 3.05) is 11.1 Å². The van der Waals surface area contributed by atoms with Crippen molar-refractivity contribution in [3.05, 3.63) is 35.6 Å². The predicted octanol–water partition coefficient (Wildman–Crippen LogP) is 2.68. The summed E-state index contributed by atoms with van der Waals surface area (Å²) in [6, 6.07) is 6.99. The minimum Gasteiger partial charge on any atom is -0.325 e. The number of thioether (sulfide) groups is 1. The molecule has 7 heteroatoms. The highest BCUT2D eigenvalue weighted by molar-refractivity contribution is 7.99. The molecule has 0 atom stereocenters. The lowest BCUT2D eigenvalue weighted by Crippen LogP contribution is -2.14. The maximum Gasteiger partial charge on any atom is 0.234 e. The fourth-order valence-corrected chi connectivity index (χ4v) is 2.34. The van der Waals surface area contributed by atoms with Gasteiger partial charge in [-0.3, -0.25) is 4.79 Å². The molecule has 0 saturated heterocycles. The molecule has 2 rings (SSSR count). The number of nitrogens with zero attached hydrogens (tertiary/aromatic N) is 3. The number of anilines is 1. The van der Waals surface area contributed by atoms with Gasteiger partial charge in [0.05, 0.1) is 5.75 Å². The average molecular weight is 297 g/mol. The zero-order valence-corrected chi connectivity index (χ0v) is 11.9. The van der Waals surface area contributed by atoms with E-state index in [2.05, 4.69) is 15.5 Å². The van der Waals surface area contributed by atoms with Gasteiger partial charge in [-0.05, 0) is 31.2 Å². The molecule has 0 spiro atoms. The number of hydrogen-bond acceptors (Lipinski definition) is 4. The Balaban J connectivity index is 1.86. The molecule has 1 aromatic heterocycles. The average Bonchev–Trinajstić information content (AvgIpc) is 2.86. The van der Waals surface area contributed by atoms with E-state index in [1.807, 2.05) is 11.5 Å². The third-order valence-electron chi connectivity index (χ3n) is 2.38. The lowest BCUT2D eigenvalue weighted by Gasteiger charge is -2.05. The zero-order valence-electron chi connectivity index (χ0n) is 10.3. The number of amides is 1. The minimum absolute atomic E-state index is 0.0852. The molecule has 0 aliphatic rings. The van der Waals surface area contributed by atoms with E-state index in [-0.39, 0.29) is 5.91 Å². The molecular formula is C12H13ClN4OS. The van der Waals surface area contributed by atoms with Crippen molar-refractivity contribution >= 4 is 35.0 Å². The fraction of sp³-hybridized carbons (Fsp3) is 0.250. The summed E-state index contributed by atoms with van der Waals surface area (Å²) in [5, 5.41) is 11.9. The Bertz CT molecular complexity index is 555. The van der Waals surface area contributed by atoms with E-state index in [1.54, 1.807) is 30.6 Å². The molecule has 1 heterocycles. The monoisotopic (exact) mass is 296 g/mol. The number of aryl methyl sites for hydroxylation is 1. The molecule has 0 radical (unpaired) electrons. The first kappa shape index (κ1) is 13.9. The molecule has 5 nitrogen and oxygen atoms in total. The lowest BCUT2D eigenvalue weighted by molar-refractivity contribution is -0.113. The van der Waals surface area contributed by atoms with Crippen molar-refractivity contribution in [1.82, 2.24) is 14.8 Å². The van der Waals surface area contributed by atoms with Crippen molar-refractivity contribution in [3.8, 4) is 0 Å². The molecule has 19 heavy (non-hydrogen) atoms. The molecule has 0 aliphatic carbocycles. The van der Waals surface area contributed by atoms with Gasteiger partial charge in [0.2, 0.25) is 5.91 Å². The summed E-state index contributed by atoms with van der Waals surface area (Å²) >= 11 is 7.14. The van der Waals surface area contributed by atoms with Crippen LogP contribution in [0.2, 0.25) is 5.02 Å². The first-order chi connectivity index (χ1) is 9.19. The highest BCUT2D eigenvalue weighted by atomic mass is 35.5. The summed E-state index contributed by atoms with van der Waals surface area (Å²) in [5.41, 5.74) is 0.729. The summed E-state index contributed by atoms with van der Waals surface area (Å²) in [5.74, 6) is 0.208. The first-order valence-electron chi connectivity index (χ1n) is 5.75. The van der Waals surface area contributed by atoms with Crippen LogP contribution in [0.15, 0.2) is 35.7 Å². The molecule has 1 aromatic carbocycles. The van der Waals surface area contributed by atoms with Crippen molar-refractivity contribution in [1.29, 1.82) is 0 Å². The first-order valence-corrected chi connectivity index (χ1v) is 7.11. The Kier molecular flexibility index (Phi) is 4.81. The SMILES string of the molecule is CCn1cnnc1SCC(=O)Nc1ccc(Cl)cc1. The Morgan fingerprint density at radius 1 is 1.42 bits per heavy atom. The Morgan fingerprint density at radius 2 is 2.16 bits per heavy atom. The number of benzene rings is 1. The fourth-order valence-electron chi connectivity index (χ4n) is 1.43. The minimum atomic E-state index is -0.0852. The highest BCUT2D eigenvalue weighted by Gasteiger charge is 2.08. The van der Waals surface area contributed by atoms with E-state index in [0.29, 0.717) is 10.8 Å². The summed E-state index contributed by atoms with van der Waals surface area (Å²) in [6.07, 6.45) is 1.65. The van der Waals surface area contributed by atoms with Crippen LogP contribution in [0.3, 0.4) is 0 Å². The zero-order chi connectivity index (χ0) is 13.7. The molecule has 1 N–H and O–H groups in total. The van der Waals surface area contributed by atoms with Gasteiger partial charge >= 0.3 is 0 Å². The summed E-state index contributed by atoms with van der Waals surface area (Å²) in [7, 11) is 0. The van der Waals surface area contributed by atoms with Gasteiger partial charge in [-0.1, -0.05) is 23.4 Å². The molecule has 100 valence electrons. The van der Waals surface area contributed by atoms with E-state index in [1.165, 1.54) is 11.8 Å². The molecule has 2 aromatic rings. The van der Waals surface area contributed by atoms with E-state index >= 15 is 0 Å². The second-order valence-electron chi connectivity index (χ2n) is 3.74. The van der Waals surface area contributed by atoms with E-state index in [4.69, 9.17) is 11.6 Å². The normalized spacial score (nSPS) is 10.4. The smallest absolute Gasteiger partial charge is 0.234 e. The van der Waals surface area contributed by atoms with Crippen molar-refractivity contribution in [2.24, 2.45) is 0 Å². The van der Waals surface area contributed by atoms with Gasteiger partial charge < -0.3 is 9.88 Å². The summed E-state index contributed by atoms with van der Waals surface area (Å²) in [4.78, 5) is 11.8. The summed E-state index contributed by atoms with van der Waals surface area (Å²) in [6.45, 7) is 2.79. The van der Waals surface area contributed by atoms with Crippen molar-refractivity contribution in [2.45, 2.75) is 18.6 Å². The van der Waals surface area contributed by atoms with E-state index in [9.17, 15) is 4.79 Å². The lowest BCUT2D eigenvalue weighted by atomic mass is 10.3. The van der Waals surface area contributed by atoms with Crippen LogP contribution in [0.25, 0.3) is 0 Å². The third-order valence-corrected chi connectivity index (χ3v) is 3.61. The van der Waals surface area contributed by atoms with Crippen molar-refractivity contribution in [3.63, 3.8) is 0 Å². The van der Waals surface area contributed by atoms with Crippen LogP contribution in [0.5, 0.6) is 0 Å². The van der Waals surface area contributed by atoms with Gasteiger partial charge in [-0.15, -0.1) is 10.2 Å². The predicted molar refractivity (Wildman–Crippen MR) is 76.5 cm³/mol. The second-order valence-corrected chi connectivity index (χ2v) is 5.12. The number of carbonyl (C=O) groups excluding carboxylic acids is 1. The van der Waals surface area contributed by atoms with E-state index < -0.39 is 0 Å². The maximum absolute atomic E-state index is 11.8. The van der Waals surface area contributed by atoms with Gasteiger partial charge in [0, 0.05) is 17.3 Å². The maximum atomic E-state index is 11.8. The van der Waals surface area contributed by atoms with Gasteiger partial charge in [0.15, 0.2) is 5.16 Å². The quantitative estimate of drug-likeness (QED) is 0.862. The third kappa shape index (κ3) is 3.97. The number of hydrogen-bond donors (Lipinski definition) is 1. The number of rotatable bonds is 5. The van der Waals surface area contributed by atoms with Crippen LogP contribution in [-0.2, 0) is 11.3 Å². The molecule has 0 bridgehead atoms. The largest absolute Gasteiger partial charge is 0.325 e. The Hall–Kier alpha value is -1.53. The van der Waals surface area contributed by atoms with Crippen LogP contribution in [0.4, 0.5) is 5.69 Å². The van der Waals surface area contributed by atoms with Crippen LogP contribution < -0.4 is 5.32 Å². The molecule has 1 amide bonds. The number of aromatic nitrogens is 3. The number of carbonyl (C=O) groups is 1. The Morgan fingerprint density at radius 3 is 2.84 bits per heavy atom. The Labute approximate surface area is 120 Å². The molecule has 0 unspecified atom stereocenters. The molecular weight excluding hydrogens is 284 g/mol. The van der Waals surface area contributed by atoms with Crippen LogP contribution in [0, 0.1) is 0 Å². The molecule has 0 aliphatic heterocycles. The summed E-state index contributed by atoms with van der Waals surface area (Å²) < 4.78 is 1.89. The number of nitrogens with one attached hydrogen (secondary N) is 1. The van der Waals surface area contributed by atoms with Crippen molar-refractivity contribution < 1.29 is 4.79 Å². The number of halogens is 1. The van der Waals surface area contributed by atoms with Gasteiger partial charge in [0.1, 0.15) is 6.33 Å². The standard InChI is InChI=1S/C12H13ClN4OS/c1-2-17-8-14-16-12(17)19-7-11(18)15-10-5-3-9(13)4-6-10/h3-6,8H,2,7H2,1H3,(H,15,18). The van der Waals surface area contributed by atoms with Crippen LogP contribution in [0.1, 0.15) is 6.92 Å². The molecule has 0 saturated carbocycles. The molecule has 0 fully saturated rings. The van der Waals surface area contributed by atoms with Crippen LogP contribution in [-0.4, -0.2) is 26.4 Å². The van der Waals surface area contributed by atoms with Gasteiger partial charge in [0.25, 0.3) is 0 Å². The van der Waals surface area contributed by atoms with Gasteiger partial charge in [-0.2, -0.15) is 0 Å².